The van der Waals surface area contributed by atoms with Gasteiger partial charge in [-0.2, -0.15) is 0 Å². The summed E-state index contributed by atoms with van der Waals surface area (Å²) in [4.78, 5) is 19.9. The van der Waals surface area contributed by atoms with Crippen molar-refractivity contribution in [2.24, 2.45) is 0 Å². The largest absolute Gasteiger partial charge is 0.497 e. The third kappa shape index (κ3) is 5.20. The Bertz CT molecular complexity index is 958. The summed E-state index contributed by atoms with van der Waals surface area (Å²) >= 11 is 0. The predicted octanol–water partition coefficient (Wildman–Crippen LogP) is 3.89. The van der Waals surface area contributed by atoms with Gasteiger partial charge in [0, 0.05) is 18.3 Å². The number of nitrogens with zero attached hydrogens (tertiary/aromatic N) is 2. The van der Waals surface area contributed by atoms with Gasteiger partial charge in [0.15, 0.2) is 0 Å². The molecular weight excluding hydrogens is 356 g/mol. The number of carboxylic acid groups (broad SMARTS) is 1. The van der Waals surface area contributed by atoms with E-state index in [1.807, 2.05) is 31.2 Å². The zero-order valence-electron chi connectivity index (χ0n) is 15.8. The maximum atomic E-state index is 11.1. The number of aromatic nitrogens is 2. The molecule has 0 aliphatic carbocycles. The standard InChI is InChI=1S/C21H22N4O3/c1-14-23-19(22-11-10-15-6-8-18(28-2)9-7-15)13-20(24-14)25-17-5-3-4-16(12-17)21(26)27/h3-9,12-13H,10-11H2,1-2H3,(H,26,27)(H2,22,23,24,25). The maximum Gasteiger partial charge on any atom is 0.335 e. The first kappa shape index (κ1) is 19.2. The summed E-state index contributed by atoms with van der Waals surface area (Å²) in [7, 11) is 1.65. The molecule has 0 saturated carbocycles. The summed E-state index contributed by atoms with van der Waals surface area (Å²) in [5.41, 5.74) is 2.07. The minimum absolute atomic E-state index is 0.216. The van der Waals surface area contributed by atoms with E-state index in [9.17, 15) is 4.79 Å². The van der Waals surface area contributed by atoms with Crippen LogP contribution >= 0.6 is 0 Å². The highest BCUT2D eigenvalue weighted by molar-refractivity contribution is 5.89. The molecule has 0 atom stereocenters. The van der Waals surface area contributed by atoms with Gasteiger partial charge in [-0.05, 0) is 49.2 Å². The van der Waals surface area contributed by atoms with Crippen LogP contribution in [0.2, 0.25) is 0 Å². The monoisotopic (exact) mass is 378 g/mol. The minimum atomic E-state index is -0.969. The summed E-state index contributed by atoms with van der Waals surface area (Å²) < 4.78 is 5.17. The Morgan fingerprint density at radius 3 is 2.54 bits per heavy atom. The number of methoxy groups -OCH3 is 1. The van der Waals surface area contributed by atoms with Crippen LogP contribution in [-0.2, 0) is 6.42 Å². The molecule has 144 valence electrons. The van der Waals surface area contributed by atoms with Crippen LogP contribution in [0.1, 0.15) is 21.7 Å². The van der Waals surface area contributed by atoms with Crippen molar-refractivity contribution in [2.75, 3.05) is 24.3 Å². The number of benzene rings is 2. The summed E-state index contributed by atoms with van der Waals surface area (Å²) in [6.07, 6.45) is 0.844. The van der Waals surface area contributed by atoms with Crippen molar-refractivity contribution in [3.8, 4) is 5.75 Å². The first-order chi connectivity index (χ1) is 13.5. The fraction of sp³-hybridized carbons (Fsp3) is 0.190. The van der Waals surface area contributed by atoms with Crippen molar-refractivity contribution in [2.45, 2.75) is 13.3 Å². The van der Waals surface area contributed by atoms with Crippen LogP contribution in [-0.4, -0.2) is 34.7 Å². The molecular formula is C21H22N4O3. The molecule has 3 N–H and O–H groups in total. The smallest absolute Gasteiger partial charge is 0.335 e. The van der Waals surface area contributed by atoms with Gasteiger partial charge < -0.3 is 20.5 Å². The molecule has 28 heavy (non-hydrogen) atoms. The average Bonchev–Trinajstić information content (AvgIpc) is 2.68. The van der Waals surface area contributed by atoms with Gasteiger partial charge in [0.2, 0.25) is 0 Å². The zero-order valence-corrected chi connectivity index (χ0v) is 15.8. The molecule has 0 fully saturated rings. The molecule has 0 amide bonds. The molecule has 0 bridgehead atoms. The van der Waals surface area contributed by atoms with E-state index < -0.39 is 5.97 Å². The number of ether oxygens (including phenoxy) is 1. The lowest BCUT2D eigenvalue weighted by Gasteiger charge is -2.11. The van der Waals surface area contributed by atoms with Gasteiger partial charge in [-0.15, -0.1) is 0 Å². The lowest BCUT2D eigenvalue weighted by molar-refractivity contribution is 0.0697. The Hall–Kier alpha value is -3.61. The molecule has 7 nitrogen and oxygen atoms in total. The third-order valence-electron chi connectivity index (χ3n) is 4.10. The van der Waals surface area contributed by atoms with E-state index in [2.05, 4.69) is 20.6 Å². The molecule has 0 spiro atoms. The molecule has 0 aliphatic rings. The summed E-state index contributed by atoms with van der Waals surface area (Å²) in [5, 5.41) is 15.5. The fourth-order valence-electron chi connectivity index (χ4n) is 2.73. The lowest BCUT2D eigenvalue weighted by Crippen LogP contribution is -2.08. The minimum Gasteiger partial charge on any atom is -0.497 e. The van der Waals surface area contributed by atoms with Crippen LogP contribution in [0.4, 0.5) is 17.3 Å². The number of anilines is 3. The van der Waals surface area contributed by atoms with Crippen molar-refractivity contribution in [1.29, 1.82) is 0 Å². The number of carbonyl (C=O) groups is 1. The van der Waals surface area contributed by atoms with E-state index in [0.717, 1.165) is 18.7 Å². The van der Waals surface area contributed by atoms with E-state index in [1.54, 1.807) is 37.4 Å². The first-order valence-electron chi connectivity index (χ1n) is 8.86. The second kappa shape index (κ2) is 8.85. The van der Waals surface area contributed by atoms with Crippen LogP contribution in [0, 0.1) is 6.92 Å². The molecule has 7 heteroatoms. The van der Waals surface area contributed by atoms with Gasteiger partial charge in [-0.25, -0.2) is 14.8 Å². The highest BCUT2D eigenvalue weighted by Crippen LogP contribution is 2.19. The Morgan fingerprint density at radius 2 is 1.82 bits per heavy atom. The zero-order chi connectivity index (χ0) is 19.9. The van der Waals surface area contributed by atoms with Crippen molar-refractivity contribution < 1.29 is 14.6 Å². The topological polar surface area (TPSA) is 96.4 Å². The quantitative estimate of drug-likeness (QED) is 0.547. The number of aromatic carboxylic acids is 1. The number of aryl methyl sites for hydroxylation is 1. The molecule has 0 aliphatic heterocycles. The summed E-state index contributed by atoms with van der Waals surface area (Å²) in [5.74, 6) is 1.79. The molecule has 1 heterocycles. The Kier molecular flexibility index (Phi) is 6.06. The molecule has 0 unspecified atom stereocenters. The van der Waals surface area contributed by atoms with Crippen molar-refractivity contribution >= 4 is 23.3 Å². The number of nitrogens with one attached hydrogen (secondary N) is 2. The van der Waals surface area contributed by atoms with E-state index in [4.69, 9.17) is 9.84 Å². The predicted molar refractivity (Wildman–Crippen MR) is 109 cm³/mol. The number of carboxylic acids is 1. The van der Waals surface area contributed by atoms with E-state index in [-0.39, 0.29) is 5.56 Å². The molecule has 0 saturated heterocycles. The highest BCUT2D eigenvalue weighted by Gasteiger charge is 2.06. The first-order valence-corrected chi connectivity index (χ1v) is 8.86. The van der Waals surface area contributed by atoms with Crippen molar-refractivity contribution in [3.63, 3.8) is 0 Å². The Labute approximate surface area is 163 Å². The number of hydrogen-bond donors (Lipinski definition) is 3. The van der Waals surface area contributed by atoms with E-state index >= 15 is 0 Å². The van der Waals surface area contributed by atoms with Gasteiger partial charge in [0.05, 0.1) is 12.7 Å². The van der Waals surface area contributed by atoms with Gasteiger partial charge in [-0.1, -0.05) is 18.2 Å². The van der Waals surface area contributed by atoms with Crippen LogP contribution in [0.25, 0.3) is 0 Å². The Morgan fingerprint density at radius 1 is 1.07 bits per heavy atom. The fourth-order valence-corrected chi connectivity index (χ4v) is 2.73. The van der Waals surface area contributed by atoms with Gasteiger partial charge in [0.25, 0.3) is 0 Å². The van der Waals surface area contributed by atoms with Crippen LogP contribution in [0.5, 0.6) is 5.75 Å². The van der Waals surface area contributed by atoms with E-state index in [1.165, 1.54) is 5.56 Å². The van der Waals surface area contributed by atoms with Crippen LogP contribution in [0.15, 0.2) is 54.6 Å². The SMILES string of the molecule is COc1ccc(CCNc2cc(Nc3cccc(C(=O)O)c3)nc(C)n2)cc1. The molecule has 0 radical (unpaired) electrons. The van der Waals surface area contributed by atoms with Gasteiger partial charge >= 0.3 is 5.97 Å². The van der Waals surface area contributed by atoms with Gasteiger partial charge in [-0.3, -0.25) is 0 Å². The highest BCUT2D eigenvalue weighted by atomic mass is 16.5. The van der Waals surface area contributed by atoms with Crippen LogP contribution in [0.3, 0.4) is 0 Å². The molecule has 2 aromatic carbocycles. The average molecular weight is 378 g/mol. The second-order valence-electron chi connectivity index (χ2n) is 6.22. The lowest BCUT2D eigenvalue weighted by atomic mass is 10.1. The van der Waals surface area contributed by atoms with Gasteiger partial charge in [0.1, 0.15) is 23.2 Å². The number of hydrogen-bond acceptors (Lipinski definition) is 6. The molecule has 3 aromatic rings. The molecule has 3 rings (SSSR count). The summed E-state index contributed by atoms with van der Waals surface area (Å²) in [6.45, 7) is 2.53. The summed E-state index contributed by atoms with van der Waals surface area (Å²) in [6, 6.07) is 16.3. The van der Waals surface area contributed by atoms with Crippen LogP contribution < -0.4 is 15.4 Å². The van der Waals surface area contributed by atoms with E-state index in [0.29, 0.717) is 23.1 Å². The van der Waals surface area contributed by atoms with Crippen molar-refractivity contribution in [3.05, 3.63) is 71.5 Å². The number of rotatable bonds is 8. The third-order valence-corrected chi connectivity index (χ3v) is 4.10. The maximum absolute atomic E-state index is 11.1. The normalized spacial score (nSPS) is 10.4. The molecule has 1 aromatic heterocycles. The second-order valence-corrected chi connectivity index (χ2v) is 6.22. The van der Waals surface area contributed by atoms with Crippen molar-refractivity contribution in [1.82, 2.24) is 9.97 Å². The Balaban J connectivity index is 1.64.